The summed E-state index contributed by atoms with van der Waals surface area (Å²) in [7, 11) is -9.77. The van der Waals surface area contributed by atoms with Gasteiger partial charge in [-0.1, -0.05) is 24.2 Å². The fraction of sp³-hybridized carbons (Fsp3) is 0.275. The second kappa shape index (κ2) is 14.8. The number of anilines is 1. The monoisotopic (exact) mass is 792 g/mol. The number of hydrogen-bond acceptors (Lipinski definition) is 9. The predicted molar refractivity (Wildman–Crippen MR) is 212 cm³/mol. The smallest absolute Gasteiger partial charge is 0.295 e. The van der Waals surface area contributed by atoms with Crippen LogP contribution >= 0.6 is 0 Å². The molecule has 5 aromatic carbocycles. The highest BCUT2D eigenvalue weighted by molar-refractivity contribution is 7.86. The van der Waals surface area contributed by atoms with Crippen LogP contribution in [0, 0.1) is 0 Å². The topological polar surface area (TPSA) is 198 Å². The van der Waals surface area contributed by atoms with E-state index in [2.05, 4.69) is 36.7 Å². The summed E-state index contributed by atoms with van der Waals surface area (Å²) < 4.78 is 79.6. The van der Waals surface area contributed by atoms with E-state index in [1.54, 1.807) is 0 Å². The summed E-state index contributed by atoms with van der Waals surface area (Å²) in [4.78, 5) is 3.70. The first kappa shape index (κ1) is 37.3. The molecule has 3 aliphatic heterocycles. The van der Waals surface area contributed by atoms with Crippen LogP contribution in [-0.4, -0.2) is 58.7 Å². The highest BCUT2D eigenvalue weighted by Crippen LogP contribution is 2.44. The van der Waals surface area contributed by atoms with Gasteiger partial charge in [-0.3, -0.25) is 9.11 Å². The number of rotatable bonds is 11. The van der Waals surface area contributed by atoms with Gasteiger partial charge in [-0.15, -0.1) is 0 Å². The lowest BCUT2D eigenvalue weighted by Gasteiger charge is -2.27. The highest BCUT2D eigenvalue weighted by atomic mass is 32.2. The molecule has 14 nitrogen and oxygen atoms in total. The van der Waals surface area contributed by atoms with E-state index < -0.39 is 30.0 Å². The van der Waals surface area contributed by atoms with Gasteiger partial charge in [0.15, 0.2) is 0 Å². The van der Waals surface area contributed by atoms with Gasteiger partial charge in [0, 0.05) is 75.9 Å². The van der Waals surface area contributed by atoms with Crippen LogP contribution in [0.2, 0.25) is 0 Å². The van der Waals surface area contributed by atoms with Gasteiger partial charge in [-0.25, -0.2) is 4.58 Å². The van der Waals surface area contributed by atoms with Crippen molar-refractivity contribution in [3.8, 4) is 11.5 Å². The maximum atomic E-state index is 12.9. The average Bonchev–Trinajstić information content (AvgIpc) is 3.18. The number of nitrogens with zero attached hydrogens (tertiary/aromatic N) is 7. The first-order valence-corrected chi connectivity index (χ1v) is 21.3. The molecule has 0 aliphatic carbocycles. The molecule has 0 radical (unpaired) electrons. The molecule has 3 aliphatic rings. The molecule has 3 heterocycles. The van der Waals surface area contributed by atoms with Gasteiger partial charge in [0.05, 0.1) is 21.8 Å². The number of fused-ring (bicyclic) bond motifs is 5. The van der Waals surface area contributed by atoms with Crippen molar-refractivity contribution in [1.29, 1.82) is 0 Å². The zero-order valence-electron chi connectivity index (χ0n) is 30.5. The van der Waals surface area contributed by atoms with E-state index in [0.717, 1.165) is 96.8 Å². The molecule has 286 valence electrons. The molecule has 0 aromatic heterocycles. The Labute approximate surface area is 323 Å². The van der Waals surface area contributed by atoms with Gasteiger partial charge in [-0.05, 0) is 96.9 Å². The molecule has 8 rings (SSSR count). The van der Waals surface area contributed by atoms with E-state index >= 15 is 0 Å². The summed E-state index contributed by atoms with van der Waals surface area (Å²) in [6.45, 7) is 5.75. The van der Waals surface area contributed by atoms with Crippen molar-refractivity contribution in [2.45, 2.75) is 48.8 Å². The Morgan fingerprint density at radius 3 is 2.29 bits per heavy atom. The molecule has 0 bridgehead atoms. The Morgan fingerprint density at radius 2 is 1.55 bits per heavy atom. The minimum Gasteiger partial charge on any atom is -0.455 e. The van der Waals surface area contributed by atoms with Crippen LogP contribution < -0.4 is 24.8 Å². The summed E-state index contributed by atoms with van der Waals surface area (Å²) in [6.07, 6.45) is 4.39. The van der Waals surface area contributed by atoms with Crippen LogP contribution in [0.4, 0.5) is 17.1 Å². The predicted octanol–water partition coefficient (Wildman–Crippen LogP) is 7.01. The van der Waals surface area contributed by atoms with E-state index in [1.165, 1.54) is 6.07 Å². The Balaban J connectivity index is 1.25. The van der Waals surface area contributed by atoms with E-state index in [4.69, 9.17) is 10.3 Å². The minimum absolute atomic E-state index is 0.0746. The number of ether oxygens (including phenoxy) is 1. The van der Waals surface area contributed by atoms with Gasteiger partial charge in [0.2, 0.25) is 5.36 Å². The molecule has 0 fully saturated rings. The molecular formula is C40H38N7O7S2+. The van der Waals surface area contributed by atoms with Crippen molar-refractivity contribution in [3.05, 3.63) is 122 Å². The van der Waals surface area contributed by atoms with Crippen molar-refractivity contribution >= 4 is 53.6 Å². The van der Waals surface area contributed by atoms with Crippen LogP contribution in [0.15, 0.2) is 104 Å². The third-order valence-corrected chi connectivity index (χ3v) is 12.2. The molecule has 0 atom stereocenters. The largest absolute Gasteiger partial charge is 0.455 e. The highest BCUT2D eigenvalue weighted by Gasteiger charge is 2.33. The van der Waals surface area contributed by atoms with E-state index in [-0.39, 0.29) is 5.56 Å². The van der Waals surface area contributed by atoms with Crippen LogP contribution in [0.3, 0.4) is 0 Å². The Hall–Kier alpha value is -5.64. The fourth-order valence-electron chi connectivity index (χ4n) is 8.11. The van der Waals surface area contributed by atoms with Gasteiger partial charge in [0.25, 0.3) is 20.2 Å². The number of azide groups is 1. The quantitative estimate of drug-likeness (QED) is 0.0459. The van der Waals surface area contributed by atoms with Crippen molar-refractivity contribution in [3.63, 3.8) is 0 Å². The SMILES string of the molecule is CCCN(CCN=[N+]=[N-])c1ccc(N=Nc2ccc3c4c(ccc3c2)C(c2ccc(S(=O)(=O)O)cc2S(=O)(=O)O)=c2cc3c5c(c2O4)CCC[N+]=5CCC3)cc1. The summed E-state index contributed by atoms with van der Waals surface area (Å²) in [6, 6.07) is 22.2. The summed E-state index contributed by atoms with van der Waals surface area (Å²) in [5, 5.41) is 15.9. The average molecular weight is 793 g/mol. The second-order valence-electron chi connectivity index (χ2n) is 14.0. The molecule has 0 amide bonds. The zero-order valence-corrected chi connectivity index (χ0v) is 32.1. The van der Waals surface area contributed by atoms with Gasteiger partial charge in [0.1, 0.15) is 29.5 Å². The van der Waals surface area contributed by atoms with Gasteiger partial charge in [-0.2, -0.15) is 27.1 Å². The molecule has 16 heteroatoms. The normalized spacial score (nSPS) is 14.8. The summed E-state index contributed by atoms with van der Waals surface area (Å²) in [5.41, 5.74) is 14.1. The number of hydrogen-bond donors (Lipinski definition) is 2. The van der Waals surface area contributed by atoms with E-state index in [1.807, 2.05) is 60.7 Å². The van der Waals surface area contributed by atoms with Crippen LogP contribution in [-0.2, 0) is 33.1 Å². The fourth-order valence-corrected chi connectivity index (χ4v) is 9.41. The Morgan fingerprint density at radius 1 is 0.821 bits per heavy atom. The maximum Gasteiger partial charge on any atom is 0.295 e. The van der Waals surface area contributed by atoms with Crippen molar-refractivity contribution in [1.82, 2.24) is 4.58 Å². The molecule has 2 N–H and O–H groups in total. The lowest BCUT2D eigenvalue weighted by molar-refractivity contribution is 0.440. The Kier molecular flexibility index (Phi) is 9.85. The Bertz CT molecular complexity index is 2870. The minimum atomic E-state index is -4.98. The lowest BCUT2D eigenvalue weighted by Crippen LogP contribution is -2.45. The summed E-state index contributed by atoms with van der Waals surface area (Å²) in [5.74, 6) is 1.07. The van der Waals surface area contributed by atoms with Crippen molar-refractivity contribution < 1.29 is 30.7 Å². The first-order chi connectivity index (χ1) is 26.9. The lowest BCUT2D eigenvalue weighted by atomic mass is 9.86. The van der Waals surface area contributed by atoms with Crippen LogP contribution in [0.5, 0.6) is 11.5 Å². The molecule has 0 saturated carbocycles. The third-order valence-electron chi connectivity index (χ3n) is 10.5. The third kappa shape index (κ3) is 7.01. The number of benzene rings is 5. The zero-order chi connectivity index (χ0) is 39.2. The van der Waals surface area contributed by atoms with Crippen molar-refractivity contribution in [2.24, 2.45) is 15.3 Å². The molecule has 56 heavy (non-hydrogen) atoms. The van der Waals surface area contributed by atoms with Crippen LogP contribution in [0.25, 0.3) is 26.8 Å². The second-order valence-corrected chi connectivity index (χ2v) is 16.8. The van der Waals surface area contributed by atoms with Crippen molar-refractivity contribution in [2.75, 3.05) is 37.6 Å². The van der Waals surface area contributed by atoms with Gasteiger partial charge < -0.3 is 9.64 Å². The molecule has 5 aromatic rings. The summed E-state index contributed by atoms with van der Waals surface area (Å²) >= 11 is 0. The van der Waals surface area contributed by atoms with E-state index in [0.29, 0.717) is 52.3 Å². The molecule has 0 saturated heterocycles. The van der Waals surface area contributed by atoms with E-state index in [9.17, 15) is 25.9 Å². The van der Waals surface area contributed by atoms with Crippen LogP contribution in [0.1, 0.15) is 48.4 Å². The molecular weight excluding hydrogens is 755 g/mol. The maximum absolute atomic E-state index is 12.9. The van der Waals surface area contributed by atoms with Gasteiger partial charge >= 0.3 is 0 Å². The number of azo groups is 1. The standard InChI is InChI=1S/C40H37N7O7S2/c1-2-18-46(21-17-42-45-41)29-11-8-27(9-12-29)43-44-28-10-15-31-25(22-28)7-14-33-37(32-16-13-30(55(48,49)50)24-36(32)56(51,52)53)35-23-26-5-3-19-47-20-4-6-34(38(26)47)40(35)54-39(31)33/h7-16,22-24H,2-6,17-21H2,1H3,(H-,48,49,50,51,52,53)/p+1. The molecule has 0 spiro atoms. The first-order valence-electron chi connectivity index (χ1n) is 18.4. The molecule has 0 unspecified atom stereocenters. The number of aryl methyl sites for hydroxylation is 1.